The monoisotopic (exact) mass is 393 g/mol. The number of anilines is 1. The second-order valence-electron chi connectivity index (χ2n) is 7.31. The molecule has 1 unspecified atom stereocenters. The molecule has 6 heteroatoms. The quantitative estimate of drug-likeness (QED) is 0.739. The highest BCUT2D eigenvalue weighted by Crippen LogP contribution is 2.27. The Kier molecular flexibility index (Phi) is 6.54. The zero-order chi connectivity index (χ0) is 20.8. The highest BCUT2D eigenvalue weighted by atomic mass is 16.5. The van der Waals surface area contributed by atoms with Crippen molar-refractivity contribution in [1.29, 1.82) is 0 Å². The molecule has 2 aromatic carbocycles. The van der Waals surface area contributed by atoms with Crippen LogP contribution in [0.4, 0.5) is 5.69 Å². The van der Waals surface area contributed by atoms with Gasteiger partial charge in [-0.25, -0.2) is 0 Å². The molecule has 3 rings (SSSR count). The number of benzene rings is 2. The first-order chi connectivity index (χ1) is 14.0. The van der Waals surface area contributed by atoms with Crippen molar-refractivity contribution < 1.29 is 14.3 Å². The number of para-hydroxylation sites is 2. The molecule has 1 aliphatic rings. The highest BCUT2D eigenvalue weighted by Gasteiger charge is 2.30. The first-order valence-corrected chi connectivity index (χ1v) is 9.68. The molecule has 0 saturated carbocycles. The molecule has 29 heavy (non-hydrogen) atoms. The number of Topliss-reactive ketones (excluding diaryl/α,β-unsaturated/α-hetero) is 1. The van der Waals surface area contributed by atoms with Crippen molar-refractivity contribution in [3.05, 3.63) is 72.1 Å². The Balaban J connectivity index is 1.87. The van der Waals surface area contributed by atoms with Crippen molar-refractivity contribution in [2.75, 3.05) is 18.7 Å². The van der Waals surface area contributed by atoms with Gasteiger partial charge in [-0.15, -0.1) is 0 Å². The molecule has 1 aliphatic heterocycles. The fourth-order valence-electron chi connectivity index (χ4n) is 3.05. The lowest BCUT2D eigenvalue weighted by molar-refractivity contribution is -0.119. The van der Waals surface area contributed by atoms with Gasteiger partial charge in [0.05, 0.1) is 19.4 Å². The molecule has 152 valence electrons. The third-order valence-corrected chi connectivity index (χ3v) is 4.52. The molecule has 2 aromatic rings. The maximum atomic E-state index is 13.0. The van der Waals surface area contributed by atoms with Crippen LogP contribution in [0.5, 0.6) is 5.75 Å². The third kappa shape index (κ3) is 4.96. The van der Waals surface area contributed by atoms with E-state index in [0.717, 1.165) is 11.3 Å². The number of hydrogen-bond donors (Lipinski definition) is 1. The number of nitrogens with two attached hydrogens (primary N) is 1. The summed E-state index contributed by atoms with van der Waals surface area (Å²) >= 11 is 0. The van der Waals surface area contributed by atoms with Gasteiger partial charge in [0.1, 0.15) is 17.5 Å². The van der Waals surface area contributed by atoms with Crippen LogP contribution in [0, 0.1) is 11.8 Å². The summed E-state index contributed by atoms with van der Waals surface area (Å²) < 4.78 is 11.3. The van der Waals surface area contributed by atoms with Crippen molar-refractivity contribution in [1.82, 2.24) is 0 Å². The van der Waals surface area contributed by atoms with Gasteiger partial charge in [0, 0.05) is 12.0 Å². The molecular formula is C23H27N3O3. The molecule has 1 atom stereocenters. The Bertz CT molecular complexity index is 907. The summed E-state index contributed by atoms with van der Waals surface area (Å²) in [6.45, 7) is 4.65. The van der Waals surface area contributed by atoms with Gasteiger partial charge in [-0.2, -0.15) is 10.1 Å². The van der Waals surface area contributed by atoms with Crippen molar-refractivity contribution in [3.8, 4) is 5.75 Å². The van der Waals surface area contributed by atoms with Gasteiger partial charge in [-0.1, -0.05) is 50.2 Å². The number of hydrogen-bond acceptors (Lipinski definition) is 6. The molecular weight excluding hydrogens is 366 g/mol. The molecule has 0 spiro atoms. The van der Waals surface area contributed by atoms with E-state index in [9.17, 15) is 4.79 Å². The molecule has 1 heterocycles. The summed E-state index contributed by atoms with van der Waals surface area (Å²) in [5, 5.41) is 6.12. The Morgan fingerprint density at radius 2 is 1.83 bits per heavy atom. The largest absolute Gasteiger partial charge is 0.496 e. The maximum absolute atomic E-state index is 13.0. The van der Waals surface area contributed by atoms with Gasteiger partial charge in [-0.3, -0.25) is 4.79 Å². The molecule has 0 amide bonds. The van der Waals surface area contributed by atoms with Crippen LogP contribution >= 0.6 is 0 Å². The molecule has 0 bridgehead atoms. The van der Waals surface area contributed by atoms with E-state index in [-0.39, 0.29) is 18.0 Å². The summed E-state index contributed by atoms with van der Waals surface area (Å²) in [6, 6.07) is 17.1. The first kappa shape index (κ1) is 20.5. The van der Waals surface area contributed by atoms with Gasteiger partial charge in [0.15, 0.2) is 5.78 Å². The van der Waals surface area contributed by atoms with Crippen LogP contribution in [0.2, 0.25) is 0 Å². The van der Waals surface area contributed by atoms with Crippen LogP contribution in [0.15, 0.2) is 71.7 Å². The van der Waals surface area contributed by atoms with Gasteiger partial charge >= 0.3 is 0 Å². The second-order valence-corrected chi connectivity index (χ2v) is 7.31. The predicted octanol–water partition coefficient (Wildman–Crippen LogP) is 3.73. The number of amidine groups is 1. The van der Waals surface area contributed by atoms with E-state index in [1.54, 1.807) is 18.2 Å². The molecule has 0 aliphatic carbocycles. The van der Waals surface area contributed by atoms with E-state index < -0.39 is 5.92 Å². The number of carbonyl (C=O) groups excluding carboxylic acids is 1. The minimum Gasteiger partial charge on any atom is -0.496 e. The molecule has 0 fully saturated rings. The number of carbonyl (C=O) groups is 1. The van der Waals surface area contributed by atoms with Crippen LogP contribution in [0.3, 0.4) is 0 Å². The minimum atomic E-state index is -0.651. The Morgan fingerprint density at radius 1 is 1.14 bits per heavy atom. The number of ketones is 1. The fraction of sp³-hybridized carbons (Fsp3) is 0.304. The van der Waals surface area contributed by atoms with Gasteiger partial charge in [0.2, 0.25) is 5.88 Å². The molecule has 6 nitrogen and oxygen atoms in total. The zero-order valence-corrected chi connectivity index (χ0v) is 17.0. The summed E-state index contributed by atoms with van der Waals surface area (Å²) in [5.74, 6) is 1.05. The van der Waals surface area contributed by atoms with Crippen molar-refractivity contribution in [2.45, 2.75) is 20.3 Å². The number of nitrogens with zero attached hydrogens (tertiary/aromatic N) is 2. The Hall–Kier alpha value is -3.28. The van der Waals surface area contributed by atoms with Crippen LogP contribution in [-0.2, 0) is 16.0 Å². The van der Waals surface area contributed by atoms with Gasteiger partial charge in [-0.05, 0) is 30.2 Å². The zero-order valence-electron chi connectivity index (χ0n) is 17.0. The highest BCUT2D eigenvalue weighted by molar-refractivity contribution is 6.07. The van der Waals surface area contributed by atoms with Gasteiger partial charge in [0.25, 0.3) is 0 Å². The molecule has 0 aromatic heterocycles. The predicted molar refractivity (Wildman–Crippen MR) is 115 cm³/mol. The van der Waals surface area contributed by atoms with Crippen LogP contribution in [0.1, 0.15) is 19.4 Å². The molecule has 0 radical (unpaired) electrons. The SMILES string of the molecule is COc1ccccc1CC(=O)C1C=C(OCC(C)C)N(c2ccccc2)N=C1N. The Labute approximate surface area is 171 Å². The minimum absolute atomic E-state index is 0.0610. The van der Waals surface area contributed by atoms with Gasteiger partial charge < -0.3 is 15.2 Å². The number of hydrazone groups is 1. The van der Waals surface area contributed by atoms with Crippen LogP contribution in [0.25, 0.3) is 0 Å². The van der Waals surface area contributed by atoms with Crippen molar-refractivity contribution >= 4 is 17.3 Å². The lowest BCUT2D eigenvalue weighted by Crippen LogP contribution is -2.38. The maximum Gasteiger partial charge on any atom is 0.212 e. The summed E-state index contributed by atoms with van der Waals surface area (Å²) in [6.07, 6.45) is 1.96. The van der Waals surface area contributed by atoms with Crippen molar-refractivity contribution in [3.63, 3.8) is 0 Å². The summed E-state index contributed by atoms with van der Waals surface area (Å²) in [7, 11) is 1.59. The first-order valence-electron chi connectivity index (χ1n) is 9.68. The smallest absolute Gasteiger partial charge is 0.212 e. The fourth-order valence-corrected chi connectivity index (χ4v) is 3.05. The van der Waals surface area contributed by atoms with Crippen LogP contribution in [-0.4, -0.2) is 25.3 Å². The number of methoxy groups -OCH3 is 1. The number of ether oxygens (including phenoxy) is 2. The standard InChI is InChI=1S/C23H27N3O3/c1-16(2)15-29-22-14-19(20(27)13-17-9-7-8-12-21(17)28-3)23(24)25-26(22)18-10-5-4-6-11-18/h4-12,14,16,19H,13,15H2,1-3H3,(H2,24,25). The normalized spacial score (nSPS) is 16.3. The Morgan fingerprint density at radius 3 is 2.52 bits per heavy atom. The van der Waals surface area contributed by atoms with E-state index in [1.807, 2.05) is 54.6 Å². The lowest BCUT2D eigenvalue weighted by atomic mass is 9.95. The van der Waals surface area contributed by atoms with E-state index >= 15 is 0 Å². The van der Waals surface area contributed by atoms with Crippen molar-refractivity contribution in [2.24, 2.45) is 22.7 Å². The molecule has 0 saturated heterocycles. The van der Waals surface area contributed by atoms with E-state index in [4.69, 9.17) is 15.2 Å². The topological polar surface area (TPSA) is 77.2 Å². The number of rotatable bonds is 8. The lowest BCUT2D eigenvalue weighted by Gasteiger charge is -2.29. The van der Waals surface area contributed by atoms with E-state index in [0.29, 0.717) is 24.2 Å². The van der Waals surface area contributed by atoms with E-state index in [2.05, 4.69) is 18.9 Å². The average molecular weight is 393 g/mol. The van der Waals surface area contributed by atoms with E-state index in [1.165, 1.54) is 0 Å². The average Bonchev–Trinajstić information content (AvgIpc) is 2.73. The molecule has 2 N–H and O–H groups in total. The third-order valence-electron chi connectivity index (χ3n) is 4.52. The summed E-state index contributed by atoms with van der Waals surface area (Å²) in [4.78, 5) is 13.0. The second kappa shape index (κ2) is 9.28. The van der Waals surface area contributed by atoms with Crippen LogP contribution < -0.4 is 15.5 Å². The summed E-state index contributed by atoms with van der Waals surface area (Å²) in [5.41, 5.74) is 7.84.